The van der Waals surface area contributed by atoms with E-state index in [0.29, 0.717) is 12.0 Å². The van der Waals surface area contributed by atoms with E-state index in [1.807, 2.05) is 25.1 Å². The molecule has 0 saturated heterocycles. The van der Waals surface area contributed by atoms with Gasteiger partial charge in [-0.1, -0.05) is 44.7 Å². The van der Waals surface area contributed by atoms with E-state index in [0.717, 1.165) is 24.9 Å². The van der Waals surface area contributed by atoms with Crippen molar-refractivity contribution in [2.24, 2.45) is 0 Å². The summed E-state index contributed by atoms with van der Waals surface area (Å²) in [6, 6.07) is 7.34. The van der Waals surface area contributed by atoms with Crippen molar-refractivity contribution in [2.75, 3.05) is 5.32 Å². The van der Waals surface area contributed by atoms with Gasteiger partial charge in [0, 0.05) is 12.1 Å². The molecule has 1 unspecified atom stereocenters. The van der Waals surface area contributed by atoms with Gasteiger partial charge in [-0.3, -0.25) is 15.0 Å². The predicted octanol–water partition coefficient (Wildman–Crippen LogP) is 3.29. The Hall–Kier alpha value is -2.04. The normalized spacial score (nSPS) is 16.9. The van der Waals surface area contributed by atoms with Gasteiger partial charge in [-0.2, -0.15) is 0 Å². The highest BCUT2D eigenvalue weighted by atomic mass is 16.2. The van der Waals surface area contributed by atoms with E-state index in [9.17, 15) is 9.59 Å². The van der Waals surface area contributed by atoms with Gasteiger partial charge >= 0.3 is 0 Å². The first kappa shape index (κ1) is 16.3. The van der Waals surface area contributed by atoms with E-state index in [2.05, 4.69) is 17.7 Å². The van der Waals surface area contributed by atoms with E-state index < -0.39 is 0 Å². The summed E-state index contributed by atoms with van der Waals surface area (Å²) in [7, 11) is 0. The predicted molar refractivity (Wildman–Crippen MR) is 87.2 cm³/mol. The van der Waals surface area contributed by atoms with Crippen molar-refractivity contribution in [3.63, 3.8) is 0 Å². The van der Waals surface area contributed by atoms with Crippen LogP contribution >= 0.6 is 0 Å². The Balaban J connectivity index is 1.87. The maximum Gasteiger partial charge on any atom is 0.276 e. The number of benzene rings is 1. The molecule has 0 aliphatic carbocycles. The van der Waals surface area contributed by atoms with Crippen LogP contribution in [0.5, 0.6) is 0 Å². The zero-order valence-electron chi connectivity index (χ0n) is 13.4. The summed E-state index contributed by atoms with van der Waals surface area (Å²) in [6.45, 7) is 4.02. The number of anilines is 1. The van der Waals surface area contributed by atoms with Crippen LogP contribution in [0.25, 0.3) is 0 Å². The summed E-state index contributed by atoms with van der Waals surface area (Å²) in [4.78, 5) is 24.5. The average molecular weight is 303 g/mol. The minimum Gasteiger partial charge on any atom is -0.363 e. The number of unbranched alkanes of at least 4 members (excludes halogenated alkanes) is 4. The van der Waals surface area contributed by atoms with Crippen molar-refractivity contribution < 1.29 is 9.59 Å². The monoisotopic (exact) mass is 303 g/mol. The third-order valence-electron chi connectivity index (χ3n) is 3.88. The Morgan fingerprint density at radius 1 is 1.23 bits per heavy atom. The summed E-state index contributed by atoms with van der Waals surface area (Å²) in [5, 5.41) is 4.61. The second-order valence-corrected chi connectivity index (χ2v) is 5.74. The summed E-state index contributed by atoms with van der Waals surface area (Å²) in [6.07, 6.45) is 5.70. The Morgan fingerprint density at radius 2 is 1.95 bits per heavy atom. The molecule has 120 valence electrons. The van der Waals surface area contributed by atoms with E-state index in [1.54, 1.807) is 6.07 Å². The average Bonchev–Trinajstić information content (AvgIpc) is 2.51. The molecular formula is C17H25N3O2. The molecule has 5 nitrogen and oxygen atoms in total. The zero-order valence-corrected chi connectivity index (χ0v) is 13.4. The summed E-state index contributed by atoms with van der Waals surface area (Å²) in [5.74, 6) is -0.265. The number of nitrogens with one attached hydrogen (secondary N) is 2. The van der Waals surface area contributed by atoms with E-state index in [4.69, 9.17) is 0 Å². The molecule has 1 aliphatic heterocycles. The van der Waals surface area contributed by atoms with Crippen LogP contribution in [0.15, 0.2) is 24.3 Å². The third kappa shape index (κ3) is 4.00. The molecule has 0 radical (unpaired) electrons. The smallest absolute Gasteiger partial charge is 0.276 e. The number of hydrogen-bond acceptors (Lipinski definition) is 3. The molecular weight excluding hydrogens is 278 g/mol. The number of amides is 2. The second-order valence-electron chi connectivity index (χ2n) is 5.74. The topological polar surface area (TPSA) is 61.4 Å². The molecule has 0 aromatic heterocycles. The molecule has 2 N–H and O–H groups in total. The Morgan fingerprint density at radius 3 is 2.73 bits per heavy atom. The number of carbonyl (C=O) groups excluding carboxylic acids is 2. The number of nitrogens with zero attached hydrogens (tertiary/aromatic N) is 1. The fourth-order valence-corrected chi connectivity index (χ4v) is 2.62. The molecule has 2 rings (SSSR count). The quantitative estimate of drug-likeness (QED) is 0.760. The minimum absolute atomic E-state index is 0.0992. The number of hydrogen-bond donors (Lipinski definition) is 2. The molecule has 0 saturated carbocycles. The maximum absolute atomic E-state index is 12.4. The zero-order chi connectivity index (χ0) is 15.9. The molecule has 1 heterocycles. The van der Waals surface area contributed by atoms with Crippen LogP contribution in [0.4, 0.5) is 5.69 Å². The first-order chi connectivity index (χ1) is 10.6. The Bertz CT molecular complexity index is 530. The van der Waals surface area contributed by atoms with Crippen LogP contribution in [-0.4, -0.2) is 23.0 Å². The summed E-state index contributed by atoms with van der Waals surface area (Å²) < 4.78 is 0. The van der Waals surface area contributed by atoms with Crippen molar-refractivity contribution in [1.82, 2.24) is 10.4 Å². The lowest BCUT2D eigenvalue weighted by Crippen LogP contribution is -2.56. The van der Waals surface area contributed by atoms with Crippen molar-refractivity contribution in [3.05, 3.63) is 29.8 Å². The first-order valence-electron chi connectivity index (χ1n) is 8.12. The summed E-state index contributed by atoms with van der Waals surface area (Å²) in [5.41, 5.74) is 4.13. The van der Waals surface area contributed by atoms with Gasteiger partial charge in [-0.15, -0.1) is 0 Å². The van der Waals surface area contributed by atoms with Crippen LogP contribution < -0.4 is 10.7 Å². The van der Waals surface area contributed by atoms with Gasteiger partial charge in [0.05, 0.1) is 5.56 Å². The lowest BCUT2D eigenvalue weighted by Gasteiger charge is -2.35. The molecule has 1 aromatic carbocycles. The van der Waals surface area contributed by atoms with Gasteiger partial charge in [0.15, 0.2) is 0 Å². The van der Waals surface area contributed by atoms with Gasteiger partial charge in [0.1, 0.15) is 6.17 Å². The van der Waals surface area contributed by atoms with Crippen LogP contribution in [0.3, 0.4) is 0 Å². The third-order valence-corrected chi connectivity index (χ3v) is 3.88. The van der Waals surface area contributed by atoms with Gasteiger partial charge in [0.2, 0.25) is 5.91 Å². The van der Waals surface area contributed by atoms with Gasteiger partial charge in [0.25, 0.3) is 5.91 Å². The molecule has 5 heteroatoms. The Labute approximate surface area is 132 Å². The Kier molecular flexibility index (Phi) is 5.81. The van der Waals surface area contributed by atoms with Crippen LogP contribution in [0, 0.1) is 0 Å². The highest BCUT2D eigenvalue weighted by Gasteiger charge is 2.30. The largest absolute Gasteiger partial charge is 0.363 e. The molecule has 0 bridgehead atoms. The highest BCUT2D eigenvalue weighted by Crippen LogP contribution is 2.23. The van der Waals surface area contributed by atoms with Crippen LogP contribution in [0.2, 0.25) is 0 Å². The molecule has 1 aromatic rings. The number of fused-ring (bicyclic) bond motifs is 1. The van der Waals surface area contributed by atoms with Gasteiger partial charge in [-0.05, 0) is 25.5 Å². The fraction of sp³-hybridized carbons (Fsp3) is 0.529. The van der Waals surface area contributed by atoms with Crippen molar-refractivity contribution in [3.8, 4) is 0 Å². The lowest BCUT2D eigenvalue weighted by molar-refractivity contribution is -0.125. The lowest BCUT2D eigenvalue weighted by atomic mass is 10.1. The number of hydrazine groups is 1. The van der Waals surface area contributed by atoms with Gasteiger partial charge < -0.3 is 5.32 Å². The van der Waals surface area contributed by atoms with E-state index in [-0.39, 0.29) is 18.0 Å². The maximum atomic E-state index is 12.4. The SMILES string of the molecule is CCCCCCCC(=O)NN1C(=O)c2ccccc2NC1C. The van der Waals surface area contributed by atoms with Crippen molar-refractivity contribution in [2.45, 2.75) is 58.5 Å². The van der Waals surface area contributed by atoms with Crippen molar-refractivity contribution in [1.29, 1.82) is 0 Å². The molecule has 0 spiro atoms. The molecule has 22 heavy (non-hydrogen) atoms. The van der Waals surface area contributed by atoms with Gasteiger partial charge in [-0.25, -0.2) is 5.01 Å². The van der Waals surface area contributed by atoms with Crippen LogP contribution in [-0.2, 0) is 4.79 Å². The van der Waals surface area contributed by atoms with Crippen molar-refractivity contribution >= 4 is 17.5 Å². The minimum atomic E-state index is -0.258. The molecule has 2 amide bonds. The first-order valence-corrected chi connectivity index (χ1v) is 8.12. The number of carbonyl (C=O) groups is 2. The molecule has 1 aliphatic rings. The standard InChI is InChI=1S/C17H25N3O2/c1-3-4-5-6-7-12-16(21)19-20-13(2)18-15-11-9-8-10-14(15)17(20)22/h8-11,13,18H,3-7,12H2,1-2H3,(H,19,21). The fourth-order valence-electron chi connectivity index (χ4n) is 2.62. The van der Waals surface area contributed by atoms with Crippen LogP contribution in [0.1, 0.15) is 62.7 Å². The van der Waals surface area contributed by atoms with E-state index >= 15 is 0 Å². The molecule has 0 fully saturated rings. The van der Waals surface area contributed by atoms with E-state index in [1.165, 1.54) is 17.9 Å². The molecule has 1 atom stereocenters. The number of para-hydroxylation sites is 1. The number of rotatable bonds is 7. The summed E-state index contributed by atoms with van der Waals surface area (Å²) >= 11 is 0. The second kappa shape index (κ2) is 7.82. The highest BCUT2D eigenvalue weighted by molar-refractivity contribution is 6.02.